The van der Waals surface area contributed by atoms with E-state index in [9.17, 15) is 9.59 Å². The number of amides is 1. The Morgan fingerprint density at radius 3 is 2.68 bits per heavy atom. The number of rotatable bonds is 5. The highest BCUT2D eigenvalue weighted by Crippen LogP contribution is 2.36. The van der Waals surface area contributed by atoms with Gasteiger partial charge < -0.3 is 10.3 Å². The summed E-state index contributed by atoms with van der Waals surface area (Å²) in [5.41, 5.74) is 1.61. The topological polar surface area (TPSA) is 74.8 Å². The van der Waals surface area contributed by atoms with Gasteiger partial charge in [0.05, 0.1) is 10.6 Å². The van der Waals surface area contributed by atoms with Crippen molar-refractivity contribution in [1.29, 1.82) is 0 Å². The Morgan fingerprint density at radius 1 is 1.21 bits per heavy atom. The van der Waals surface area contributed by atoms with Crippen molar-refractivity contribution in [1.82, 2.24) is 9.97 Å². The molecule has 3 aromatic heterocycles. The van der Waals surface area contributed by atoms with E-state index in [4.69, 9.17) is 4.98 Å². The zero-order chi connectivity index (χ0) is 19.7. The third kappa shape index (κ3) is 3.89. The van der Waals surface area contributed by atoms with Crippen LogP contribution in [-0.2, 0) is 4.79 Å². The number of thioether (sulfide) groups is 1. The molecule has 0 spiro atoms. The van der Waals surface area contributed by atoms with E-state index in [0.717, 1.165) is 25.9 Å². The molecule has 0 aliphatic rings. The van der Waals surface area contributed by atoms with Gasteiger partial charge in [-0.05, 0) is 42.6 Å². The number of benzene rings is 1. The summed E-state index contributed by atoms with van der Waals surface area (Å²) in [4.78, 5) is 34.4. The molecule has 1 atom stereocenters. The van der Waals surface area contributed by atoms with Crippen molar-refractivity contribution in [3.8, 4) is 10.4 Å². The number of carbonyl (C=O) groups excluding carboxylic acids is 1. The zero-order valence-electron chi connectivity index (χ0n) is 15.2. The van der Waals surface area contributed by atoms with Crippen LogP contribution in [0.3, 0.4) is 0 Å². The highest BCUT2D eigenvalue weighted by molar-refractivity contribution is 7.99. The molecular weight excluding hydrogens is 410 g/mol. The first-order chi connectivity index (χ1) is 13.5. The Balaban J connectivity index is 1.59. The molecule has 0 aliphatic heterocycles. The summed E-state index contributed by atoms with van der Waals surface area (Å²) in [5, 5.41) is 7.40. The van der Waals surface area contributed by atoms with Gasteiger partial charge in [-0.1, -0.05) is 6.07 Å². The van der Waals surface area contributed by atoms with Crippen molar-refractivity contribution in [2.24, 2.45) is 0 Å². The van der Waals surface area contributed by atoms with Gasteiger partial charge in [-0.25, -0.2) is 4.98 Å². The first kappa shape index (κ1) is 18.9. The number of H-pyrrole nitrogens is 1. The van der Waals surface area contributed by atoms with E-state index in [1.165, 1.54) is 18.3 Å². The minimum Gasteiger partial charge on any atom is -0.326 e. The fraction of sp³-hybridized carbons (Fsp3) is 0.150. The van der Waals surface area contributed by atoms with E-state index in [2.05, 4.69) is 10.3 Å². The van der Waals surface area contributed by atoms with Crippen LogP contribution in [0.4, 0.5) is 5.69 Å². The quantitative estimate of drug-likeness (QED) is 0.411. The van der Waals surface area contributed by atoms with Crippen LogP contribution in [0.5, 0.6) is 0 Å². The standard InChI is InChI=1S/C20H17N3O2S3/c1-11(28-14-7-5-13(6-8-14)21-12(2)24)18-22-19(25)17-15(10-27-20(17)23-18)16-4-3-9-26-16/h3-11H,1-2H3,(H,21,24)(H,22,23,25)/t11-/m1/s1. The van der Waals surface area contributed by atoms with Gasteiger partial charge >= 0.3 is 0 Å². The van der Waals surface area contributed by atoms with Gasteiger partial charge in [-0.3, -0.25) is 9.59 Å². The second-order valence-electron chi connectivity index (χ2n) is 6.22. The van der Waals surface area contributed by atoms with Crippen molar-refractivity contribution < 1.29 is 4.79 Å². The number of anilines is 1. The van der Waals surface area contributed by atoms with Crippen molar-refractivity contribution in [3.63, 3.8) is 0 Å². The summed E-state index contributed by atoms with van der Waals surface area (Å²) in [6.45, 7) is 3.50. The lowest BCUT2D eigenvalue weighted by Crippen LogP contribution is -2.12. The molecule has 1 aromatic carbocycles. The average molecular weight is 428 g/mol. The summed E-state index contributed by atoms with van der Waals surface area (Å²) >= 11 is 4.72. The maximum atomic E-state index is 12.7. The number of carbonyl (C=O) groups is 1. The number of thiophene rings is 2. The normalized spacial score (nSPS) is 12.2. The molecule has 0 bridgehead atoms. The Hall–Kier alpha value is -2.42. The lowest BCUT2D eigenvalue weighted by molar-refractivity contribution is -0.114. The number of aromatic nitrogens is 2. The van der Waals surface area contributed by atoms with E-state index in [-0.39, 0.29) is 16.7 Å². The molecule has 1 amide bonds. The second kappa shape index (κ2) is 7.90. The fourth-order valence-electron chi connectivity index (χ4n) is 2.85. The maximum absolute atomic E-state index is 12.7. The Kier molecular flexibility index (Phi) is 5.34. The van der Waals surface area contributed by atoms with Gasteiger partial charge in [-0.15, -0.1) is 34.4 Å². The molecule has 2 N–H and O–H groups in total. The molecule has 0 radical (unpaired) electrons. The molecule has 3 heterocycles. The van der Waals surface area contributed by atoms with Crippen LogP contribution in [0.1, 0.15) is 24.9 Å². The van der Waals surface area contributed by atoms with E-state index >= 15 is 0 Å². The summed E-state index contributed by atoms with van der Waals surface area (Å²) in [6, 6.07) is 11.6. The zero-order valence-corrected chi connectivity index (χ0v) is 17.6. The van der Waals surface area contributed by atoms with Gasteiger partial charge in [0, 0.05) is 33.3 Å². The molecule has 4 rings (SSSR count). The van der Waals surface area contributed by atoms with Crippen molar-refractivity contribution >= 4 is 56.2 Å². The monoisotopic (exact) mass is 427 g/mol. The van der Waals surface area contributed by atoms with Gasteiger partial charge in [0.15, 0.2) is 0 Å². The van der Waals surface area contributed by atoms with Crippen LogP contribution < -0.4 is 10.9 Å². The largest absolute Gasteiger partial charge is 0.326 e. The van der Waals surface area contributed by atoms with Gasteiger partial charge in [0.1, 0.15) is 10.7 Å². The summed E-state index contributed by atoms with van der Waals surface area (Å²) in [7, 11) is 0. The molecule has 0 saturated carbocycles. The van der Waals surface area contributed by atoms with Crippen LogP contribution >= 0.6 is 34.4 Å². The van der Waals surface area contributed by atoms with E-state index in [1.807, 2.05) is 54.1 Å². The molecule has 4 aromatic rings. The number of hydrogen-bond donors (Lipinski definition) is 2. The summed E-state index contributed by atoms with van der Waals surface area (Å²) in [6.07, 6.45) is 0. The molecule has 142 valence electrons. The lowest BCUT2D eigenvalue weighted by atomic mass is 10.2. The average Bonchev–Trinajstić information content (AvgIpc) is 3.32. The van der Waals surface area contributed by atoms with E-state index < -0.39 is 0 Å². The minimum absolute atomic E-state index is 0.0176. The SMILES string of the molecule is CC(=O)Nc1ccc(S[C@H](C)c2nc3scc(-c4cccs4)c3c(=O)[nH]2)cc1. The van der Waals surface area contributed by atoms with Crippen molar-refractivity contribution in [2.75, 3.05) is 5.32 Å². The van der Waals surface area contributed by atoms with Gasteiger partial charge in [-0.2, -0.15) is 0 Å². The molecule has 0 aliphatic carbocycles. The van der Waals surface area contributed by atoms with Crippen molar-refractivity contribution in [2.45, 2.75) is 24.0 Å². The summed E-state index contributed by atoms with van der Waals surface area (Å²) < 4.78 is 0. The Labute approximate surface area is 173 Å². The Morgan fingerprint density at radius 2 is 2.00 bits per heavy atom. The smallest absolute Gasteiger partial charge is 0.260 e. The van der Waals surface area contributed by atoms with Crippen LogP contribution in [0.15, 0.2) is 56.8 Å². The lowest BCUT2D eigenvalue weighted by Gasteiger charge is -2.11. The summed E-state index contributed by atoms with van der Waals surface area (Å²) in [5.74, 6) is 0.565. The van der Waals surface area contributed by atoms with Crippen LogP contribution in [0.2, 0.25) is 0 Å². The van der Waals surface area contributed by atoms with E-state index in [1.54, 1.807) is 23.1 Å². The van der Waals surface area contributed by atoms with Gasteiger partial charge in [0.25, 0.3) is 5.56 Å². The first-order valence-corrected chi connectivity index (χ1v) is 11.2. The molecular formula is C20H17N3O2S3. The molecule has 0 saturated heterocycles. The van der Waals surface area contributed by atoms with E-state index in [0.29, 0.717) is 11.2 Å². The predicted octanol–water partition coefficient (Wildman–Crippen LogP) is 5.52. The Bertz CT molecular complexity index is 1180. The highest BCUT2D eigenvalue weighted by Gasteiger charge is 2.17. The minimum atomic E-state index is -0.0990. The molecule has 5 nitrogen and oxygen atoms in total. The predicted molar refractivity (Wildman–Crippen MR) is 119 cm³/mol. The molecule has 8 heteroatoms. The van der Waals surface area contributed by atoms with Crippen LogP contribution in [0, 0.1) is 0 Å². The molecule has 0 unspecified atom stereocenters. The number of aromatic amines is 1. The molecule has 0 fully saturated rings. The van der Waals surface area contributed by atoms with Crippen LogP contribution in [-0.4, -0.2) is 15.9 Å². The number of nitrogens with zero attached hydrogens (tertiary/aromatic N) is 1. The van der Waals surface area contributed by atoms with Gasteiger partial charge in [0.2, 0.25) is 5.91 Å². The fourth-order valence-corrected chi connectivity index (χ4v) is 5.55. The third-order valence-electron chi connectivity index (χ3n) is 4.12. The number of hydrogen-bond acceptors (Lipinski definition) is 6. The third-order valence-corrected chi connectivity index (χ3v) is 7.02. The second-order valence-corrected chi connectivity index (χ2v) is 9.44. The first-order valence-electron chi connectivity index (χ1n) is 8.61. The number of fused-ring (bicyclic) bond motifs is 1. The highest BCUT2D eigenvalue weighted by atomic mass is 32.2. The van der Waals surface area contributed by atoms with Crippen molar-refractivity contribution in [3.05, 3.63) is 63.3 Å². The maximum Gasteiger partial charge on any atom is 0.260 e. The molecule has 28 heavy (non-hydrogen) atoms. The number of nitrogens with one attached hydrogen (secondary N) is 2. The van der Waals surface area contributed by atoms with Crippen LogP contribution in [0.25, 0.3) is 20.7 Å².